The maximum Gasteiger partial charge on any atom is 0.416 e. The summed E-state index contributed by atoms with van der Waals surface area (Å²) in [5, 5.41) is 7.52. The van der Waals surface area contributed by atoms with Crippen molar-refractivity contribution in [2.24, 2.45) is 5.73 Å². The Bertz CT molecular complexity index is 657. The van der Waals surface area contributed by atoms with Crippen LogP contribution in [0.15, 0.2) is 24.4 Å². The fourth-order valence-corrected chi connectivity index (χ4v) is 2.11. The van der Waals surface area contributed by atoms with Gasteiger partial charge in [-0.05, 0) is 43.1 Å². The van der Waals surface area contributed by atoms with Gasteiger partial charge in [0.1, 0.15) is 0 Å². The van der Waals surface area contributed by atoms with Crippen LogP contribution in [-0.4, -0.2) is 21.5 Å². The maximum atomic E-state index is 12.8. The van der Waals surface area contributed by atoms with Gasteiger partial charge in [-0.3, -0.25) is 0 Å². The normalized spacial score (nSPS) is 12.6. The Labute approximate surface area is 133 Å². The van der Waals surface area contributed by atoms with Crippen LogP contribution in [-0.2, 0) is 25.3 Å². The molecular formula is C14H14F6N4. The second kappa shape index (κ2) is 6.80. The first kappa shape index (κ1) is 18.2. The minimum atomic E-state index is -4.87. The van der Waals surface area contributed by atoms with E-state index in [-0.39, 0.29) is 18.2 Å². The number of nitrogens with two attached hydrogens (primary N) is 1. The van der Waals surface area contributed by atoms with Crippen LogP contribution in [0.5, 0.6) is 0 Å². The highest BCUT2D eigenvalue weighted by Crippen LogP contribution is 2.36. The molecule has 0 saturated carbocycles. The minimum Gasteiger partial charge on any atom is -0.330 e. The zero-order chi connectivity index (χ0) is 18.0. The van der Waals surface area contributed by atoms with E-state index in [2.05, 4.69) is 10.3 Å². The lowest BCUT2D eigenvalue weighted by molar-refractivity contribution is -0.143. The molecule has 0 bridgehead atoms. The number of hydrogen-bond acceptors (Lipinski definition) is 3. The highest BCUT2D eigenvalue weighted by Gasteiger charge is 2.36. The number of nitrogens with zero attached hydrogens (tertiary/aromatic N) is 3. The number of halogens is 6. The molecule has 2 aromatic rings. The van der Waals surface area contributed by atoms with E-state index in [9.17, 15) is 26.3 Å². The van der Waals surface area contributed by atoms with Crippen molar-refractivity contribution >= 4 is 0 Å². The summed E-state index contributed by atoms with van der Waals surface area (Å²) in [6.45, 7) is 0.193. The molecule has 24 heavy (non-hydrogen) atoms. The van der Waals surface area contributed by atoms with E-state index in [1.54, 1.807) is 0 Å². The summed E-state index contributed by atoms with van der Waals surface area (Å²) in [5.41, 5.74) is 3.06. The number of rotatable bonds is 5. The van der Waals surface area contributed by atoms with Crippen molar-refractivity contribution < 1.29 is 26.3 Å². The van der Waals surface area contributed by atoms with Crippen LogP contribution in [0.4, 0.5) is 26.3 Å². The van der Waals surface area contributed by atoms with Crippen LogP contribution in [0.25, 0.3) is 0 Å². The molecule has 0 saturated heterocycles. The van der Waals surface area contributed by atoms with Crippen molar-refractivity contribution in [3.63, 3.8) is 0 Å². The van der Waals surface area contributed by atoms with Crippen molar-refractivity contribution in [3.05, 3.63) is 46.8 Å². The summed E-state index contributed by atoms with van der Waals surface area (Å²) in [6, 6.07) is 1.45. The second-order valence-corrected chi connectivity index (χ2v) is 5.21. The predicted octanol–water partition coefficient (Wildman–Crippen LogP) is 3.26. The van der Waals surface area contributed by atoms with E-state index in [1.807, 2.05) is 0 Å². The van der Waals surface area contributed by atoms with E-state index in [1.165, 1.54) is 10.9 Å². The summed E-state index contributed by atoms with van der Waals surface area (Å²) in [6.07, 6.45) is -7.08. The monoisotopic (exact) mass is 352 g/mol. The lowest BCUT2D eigenvalue weighted by Gasteiger charge is -2.14. The molecule has 0 unspecified atom stereocenters. The van der Waals surface area contributed by atoms with E-state index >= 15 is 0 Å². The third-order valence-electron chi connectivity index (χ3n) is 3.22. The number of benzene rings is 1. The standard InChI is InChI=1S/C14H14F6N4/c15-13(16,17)10-4-9(5-11(6-10)14(18,19)20)7-24-8-12(22-23-24)2-1-3-21/h4-6,8H,1-3,7,21H2. The molecule has 1 aromatic heterocycles. The minimum absolute atomic E-state index is 0.0948. The quantitative estimate of drug-likeness (QED) is 0.841. The Morgan fingerprint density at radius 3 is 2.04 bits per heavy atom. The number of alkyl halides is 6. The van der Waals surface area contributed by atoms with Gasteiger partial charge in [-0.1, -0.05) is 5.21 Å². The number of hydrogen-bond donors (Lipinski definition) is 1. The fourth-order valence-electron chi connectivity index (χ4n) is 2.11. The van der Waals surface area contributed by atoms with E-state index in [0.717, 1.165) is 0 Å². The van der Waals surface area contributed by atoms with Crippen LogP contribution in [0.1, 0.15) is 28.8 Å². The van der Waals surface area contributed by atoms with Gasteiger partial charge in [0.2, 0.25) is 0 Å². The number of aryl methyl sites for hydroxylation is 1. The molecule has 0 radical (unpaired) electrons. The second-order valence-electron chi connectivity index (χ2n) is 5.21. The molecule has 0 aliphatic heterocycles. The first-order valence-corrected chi connectivity index (χ1v) is 6.97. The highest BCUT2D eigenvalue weighted by molar-refractivity contribution is 5.33. The zero-order valence-electron chi connectivity index (χ0n) is 12.3. The van der Waals surface area contributed by atoms with Crippen molar-refractivity contribution in [2.45, 2.75) is 31.7 Å². The van der Waals surface area contributed by atoms with Gasteiger partial charge in [0.05, 0.1) is 23.4 Å². The molecule has 1 heterocycles. The average molecular weight is 352 g/mol. The molecule has 2 N–H and O–H groups in total. The van der Waals surface area contributed by atoms with Gasteiger partial charge in [0.25, 0.3) is 0 Å². The Morgan fingerprint density at radius 1 is 0.958 bits per heavy atom. The third-order valence-corrected chi connectivity index (χ3v) is 3.22. The Morgan fingerprint density at radius 2 is 1.54 bits per heavy atom. The van der Waals surface area contributed by atoms with Crippen molar-refractivity contribution in [1.29, 1.82) is 0 Å². The molecule has 0 fully saturated rings. The fraction of sp³-hybridized carbons (Fsp3) is 0.429. The first-order valence-electron chi connectivity index (χ1n) is 6.97. The maximum absolute atomic E-state index is 12.8. The summed E-state index contributed by atoms with van der Waals surface area (Å²) < 4.78 is 78.0. The highest BCUT2D eigenvalue weighted by atomic mass is 19.4. The largest absolute Gasteiger partial charge is 0.416 e. The van der Waals surface area contributed by atoms with Gasteiger partial charge in [-0.25, -0.2) is 4.68 Å². The van der Waals surface area contributed by atoms with Gasteiger partial charge in [0.15, 0.2) is 0 Å². The van der Waals surface area contributed by atoms with Gasteiger partial charge in [-0.15, -0.1) is 5.10 Å². The Hall–Kier alpha value is -2.10. The van der Waals surface area contributed by atoms with Crippen LogP contribution in [0.3, 0.4) is 0 Å². The molecule has 0 aliphatic rings. The van der Waals surface area contributed by atoms with Gasteiger partial charge < -0.3 is 5.73 Å². The Balaban J connectivity index is 2.30. The molecule has 2 rings (SSSR count). The van der Waals surface area contributed by atoms with E-state index < -0.39 is 23.5 Å². The van der Waals surface area contributed by atoms with Crippen molar-refractivity contribution in [1.82, 2.24) is 15.0 Å². The van der Waals surface area contributed by atoms with Crippen molar-refractivity contribution in [2.75, 3.05) is 6.54 Å². The Kier molecular flexibility index (Phi) is 5.16. The molecule has 0 amide bonds. The van der Waals surface area contributed by atoms with Gasteiger partial charge >= 0.3 is 12.4 Å². The molecule has 0 aliphatic carbocycles. The SMILES string of the molecule is NCCCc1cn(Cc2cc(C(F)(F)F)cc(C(F)(F)F)c2)nn1. The third kappa shape index (κ3) is 4.70. The summed E-state index contributed by atoms with van der Waals surface area (Å²) in [4.78, 5) is 0. The molecule has 0 atom stereocenters. The van der Waals surface area contributed by atoms with Crippen LogP contribution in [0.2, 0.25) is 0 Å². The van der Waals surface area contributed by atoms with Crippen molar-refractivity contribution in [3.8, 4) is 0 Å². The van der Waals surface area contributed by atoms with Gasteiger partial charge in [0, 0.05) is 6.20 Å². The van der Waals surface area contributed by atoms with Crippen LogP contribution in [0, 0.1) is 0 Å². The molecule has 132 valence electrons. The molecule has 1 aromatic carbocycles. The number of aromatic nitrogens is 3. The smallest absolute Gasteiger partial charge is 0.330 e. The lowest BCUT2D eigenvalue weighted by atomic mass is 10.0. The van der Waals surface area contributed by atoms with Crippen LogP contribution < -0.4 is 5.73 Å². The van der Waals surface area contributed by atoms with E-state index in [4.69, 9.17) is 5.73 Å². The average Bonchev–Trinajstić information content (AvgIpc) is 2.90. The summed E-state index contributed by atoms with van der Waals surface area (Å²) in [5.74, 6) is 0. The molecule has 10 heteroatoms. The first-order chi connectivity index (χ1) is 11.1. The molecule has 4 nitrogen and oxygen atoms in total. The molecular weight excluding hydrogens is 338 g/mol. The predicted molar refractivity (Wildman–Crippen MR) is 72.9 cm³/mol. The summed E-state index contributed by atoms with van der Waals surface area (Å²) >= 11 is 0. The topological polar surface area (TPSA) is 56.7 Å². The lowest BCUT2D eigenvalue weighted by Crippen LogP contribution is -2.13. The van der Waals surface area contributed by atoms with Gasteiger partial charge in [-0.2, -0.15) is 26.3 Å². The van der Waals surface area contributed by atoms with E-state index in [0.29, 0.717) is 37.2 Å². The zero-order valence-corrected chi connectivity index (χ0v) is 12.3. The van der Waals surface area contributed by atoms with Crippen LogP contribution >= 0.6 is 0 Å². The summed E-state index contributed by atoms with van der Waals surface area (Å²) in [7, 11) is 0. The molecule has 0 spiro atoms.